The van der Waals surface area contributed by atoms with E-state index < -0.39 is 5.97 Å². The third-order valence-electron chi connectivity index (χ3n) is 2.63. The van der Waals surface area contributed by atoms with Gasteiger partial charge in [-0.05, 0) is 12.1 Å². The van der Waals surface area contributed by atoms with Crippen molar-refractivity contribution in [1.29, 1.82) is 0 Å². The van der Waals surface area contributed by atoms with Gasteiger partial charge in [0.25, 0.3) is 0 Å². The number of Topliss-reactive ketones (excluding diaryl/α,β-unsaturated/α-hetero) is 1. The Labute approximate surface area is 116 Å². The summed E-state index contributed by atoms with van der Waals surface area (Å²) in [5.74, 6) is -0.551. The molecule has 5 heteroatoms. The van der Waals surface area contributed by atoms with Crippen molar-refractivity contribution in [2.24, 2.45) is 0 Å². The predicted molar refractivity (Wildman–Crippen MR) is 72.2 cm³/mol. The molecule has 2 aromatic rings. The standard InChI is InChI=1S/C15H13NO4/c1-10(17)13-14(12(19-2)8-9-16-13)20-15(18)11-6-4-3-5-7-11/h3-9H,1-2H3. The average molecular weight is 271 g/mol. The van der Waals surface area contributed by atoms with E-state index in [0.29, 0.717) is 5.56 Å². The molecule has 1 aromatic heterocycles. The van der Waals surface area contributed by atoms with Crippen molar-refractivity contribution in [3.63, 3.8) is 0 Å². The van der Waals surface area contributed by atoms with E-state index in [0.717, 1.165) is 0 Å². The highest BCUT2D eigenvalue weighted by Gasteiger charge is 2.19. The lowest BCUT2D eigenvalue weighted by Crippen LogP contribution is -2.12. The van der Waals surface area contributed by atoms with Crippen LogP contribution in [-0.4, -0.2) is 23.8 Å². The lowest BCUT2D eigenvalue weighted by Gasteiger charge is -2.11. The molecule has 0 amide bonds. The van der Waals surface area contributed by atoms with Crippen molar-refractivity contribution in [3.05, 3.63) is 53.9 Å². The highest BCUT2D eigenvalue weighted by atomic mass is 16.6. The minimum absolute atomic E-state index is 0.0383. The van der Waals surface area contributed by atoms with Gasteiger partial charge in [0.2, 0.25) is 5.75 Å². The minimum atomic E-state index is -0.570. The maximum Gasteiger partial charge on any atom is 0.343 e. The van der Waals surface area contributed by atoms with Crippen molar-refractivity contribution < 1.29 is 19.1 Å². The van der Waals surface area contributed by atoms with Gasteiger partial charge in [-0.15, -0.1) is 0 Å². The number of benzene rings is 1. The number of ketones is 1. The molecule has 102 valence electrons. The molecule has 1 aromatic carbocycles. The van der Waals surface area contributed by atoms with Gasteiger partial charge in [-0.25, -0.2) is 9.78 Å². The first kappa shape index (κ1) is 13.7. The Morgan fingerprint density at radius 3 is 2.40 bits per heavy atom. The molecule has 0 unspecified atom stereocenters. The molecule has 0 aliphatic heterocycles. The number of methoxy groups -OCH3 is 1. The first-order chi connectivity index (χ1) is 9.63. The number of nitrogens with zero attached hydrogens (tertiary/aromatic N) is 1. The molecule has 0 radical (unpaired) electrons. The van der Waals surface area contributed by atoms with Crippen LogP contribution < -0.4 is 9.47 Å². The fourth-order valence-corrected chi connectivity index (χ4v) is 1.67. The summed E-state index contributed by atoms with van der Waals surface area (Å²) >= 11 is 0. The molecular weight excluding hydrogens is 258 g/mol. The number of carbonyl (C=O) groups excluding carboxylic acids is 2. The summed E-state index contributed by atoms with van der Waals surface area (Å²) in [7, 11) is 1.43. The molecule has 0 aliphatic rings. The monoisotopic (exact) mass is 271 g/mol. The van der Waals surface area contributed by atoms with Crippen LogP contribution in [0.3, 0.4) is 0 Å². The molecule has 20 heavy (non-hydrogen) atoms. The maximum absolute atomic E-state index is 12.0. The van der Waals surface area contributed by atoms with Gasteiger partial charge in [-0.1, -0.05) is 18.2 Å². The van der Waals surface area contributed by atoms with Gasteiger partial charge in [0.15, 0.2) is 17.2 Å². The zero-order valence-corrected chi connectivity index (χ0v) is 11.1. The fourth-order valence-electron chi connectivity index (χ4n) is 1.67. The summed E-state index contributed by atoms with van der Waals surface area (Å²) in [4.78, 5) is 27.5. The Bertz CT molecular complexity index is 638. The van der Waals surface area contributed by atoms with Gasteiger partial charge in [-0.3, -0.25) is 4.79 Å². The van der Waals surface area contributed by atoms with E-state index in [4.69, 9.17) is 9.47 Å². The van der Waals surface area contributed by atoms with Crippen molar-refractivity contribution in [3.8, 4) is 11.5 Å². The van der Waals surface area contributed by atoms with Crippen LogP contribution in [0.4, 0.5) is 0 Å². The van der Waals surface area contributed by atoms with Gasteiger partial charge < -0.3 is 9.47 Å². The molecule has 0 spiro atoms. The summed E-state index contributed by atoms with van der Waals surface area (Å²) in [5, 5.41) is 0. The number of ether oxygens (including phenoxy) is 2. The second-order valence-electron chi connectivity index (χ2n) is 4.00. The quantitative estimate of drug-likeness (QED) is 0.631. The molecule has 0 fully saturated rings. The van der Waals surface area contributed by atoms with Crippen molar-refractivity contribution in [2.75, 3.05) is 7.11 Å². The second-order valence-corrected chi connectivity index (χ2v) is 4.00. The third kappa shape index (κ3) is 2.83. The van der Waals surface area contributed by atoms with E-state index in [1.54, 1.807) is 30.3 Å². The van der Waals surface area contributed by atoms with E-state index in [9.17, 15) is 9.59 Å². The lowest BCUT2D eigenvalue weighted by molar-refractivity contribution is 0.0726. The van der Waals surface area contributed by atoms with Crippen LogP contribution in [0.15, 0.2) is 42.6 Å². The van der Waals surface area contributed by atoms with Crippen LogP contribution in [-0.2, 0) is 0 Å². The Morgan fingerprint density at radius 1 is 1.10 bits per heavy atom. The van der Waals surface area contributed by atoms with Crippen LogP contribution in [0.25, 0.3) is 0 Å². The first-order valence-electron chi connectivity index (χ1n) is 5.94. The number of esters is 1. The van der Waals surface area contributed by atoms with Crippen molar-refractivity contribution in [2.45, 2.75) is 6.92 Å². The third-order valence-corrected chi connectivity index (χ3v) is 2.63. The smallest absolute Gasteiger partial charge is 0.343 e. The molecular formula is C15H13NO4. The Kier molecular flexibility index (Phi) is 4.10. The number of hydrogen-bond donors (Lipinski definition) is 0. The van der Waals surface area contributed by atoms with E-state index in [1.807, 2.05) is 0 Å². The molecule has 5 nitrogen and oxygen atoms in total. The molecule has 1 heterocycles. The number of aromatic nitrogens is 1. The van der Waals surface area contributed by atoms with Crippen LogP contribution in [0, 0.1) is 0 Å². The normalized spacial score (nSPS) is 9.90. The molecule has 2 rings (SSSR count). The van der Waals surface area contributed by atoms with Gasteiger partial charge in [0.05, 0.1) is 12.7 Å². The largest absolute Gasteiger partial charge is 0.493 e. The highest BCUT2D eigenvalue weighted by molar-refractivity contribution is 5.98. The van der Waals surface area contributed by atoms with Gasteiger partial charge >= 0.3 is 5.97 Å². The van der Waals surface area contributed by atoms with E-state index >= 15 is 0 Å². The van der Waals surface area contributed by atoms with Crippen LogP contribution in [0.5, 0.6) is 11.5 Å². The van der Waals surface area contributed by atoms with E-state index in [2.05, 4.69) is 4.98 Å². The number of pyridine rings is 1. The Hall–Kier alpha value is -2.69. The number of rotatable bonds is 4. The first-order valence-corrected chi connectivity index (χ1v) is 5.94. The topological polar surface area (TPSA) is 65.5 Å². The molecule has 0 N–H and O–H groups in total. The maximum atomic E-state index is 12.0. The molecule has 0 atom stereocenters. The minimum Gasteiger partial charge on any atom is -0.493 e. The van der Waals surface area contributed by atoms with Crippen molar-refractivity contribution in [1.82, 2.24) is 4.98 Å². The number of hydrogen-bond acceptors (Lipinski definition) is 5. The van der Waals surface area contributed by atoms with Gasteiger partial charge in [0.1, 0.15) is 0 Å². The zero-order valence-electron chi connectivity index (χ0n) is 11.1. The summed E-state index contributed by atoms with van der Waals surface area (Å²) in [6.07, 6.45) is 1.43. The van der Waals surface area contributed by atoms with Crippen molar-refractivity contribution >= 4 is 11.8 Å². The Morgan fingerprint density at radius 2 is 1.80 bits per heavy atom. The zero-order chi connectivity index (χ0) is 14.5. The van der Waals surface area contributed by atoms with Crippen LogP contribution in [0.2, 0.25) is 0 Å². The summed E-state index contributed by atoms with van der Waals surface area (Å²) in [6.45, 7) is 1.35. The van der Waals surface area contributed by atoms with Gasteiger partial charge in [-0.2, -0.15) is 0 Å². The summed E-state index contributed by atoms with van der Waals surface area (Å²) in [5.41, 5.74) is 0.446. The molecule has 0 saturated heterocycles. The molecule has 0 saturated carbocycles. The summed E-state index contributed by atoms with van der Waals surface area (Å²) < 4.78 is 10.4. The van der Waals surface area contributed by atoms with Crippen LogP contribution >= 0.6 is 0 Å². The van der Waals surface area contributed by atoms with Crippen LogP contribution in [0.1, 0.15) is 27.8 Å². The summed E-state index contributed by atoms with van der Waals surface area (Å²) in [6, 6.07) is 10.0. The number of carbonyl (C=O) groups is 2. The molecule has 0 bridgehead atoms. The fraction of sp³-hybridized carbons (Fsp3) is 0.133. The highest BCUT2D eigenvalue weighted by Crippen LogP contribution is 2.30. The predicted octanol–water partition coefficient (Wildman–Crippen LogP) is 2.51. The molecule has 0 aliphatic carbocycles. The van der Waals surface area contributed by atoms with Gasteiger partial charge in [0, 0.05) is 19.2 Å². The lowest BCUT2D eigenvalue weighted by atomic mass is 10.2. The average Bonchev–Trinajstić information content (AvgIpc) is 2.48. The van der Waals surface area contributed by atoms with E-state index in [-0.39, 0.29) is 23.0 Å². The second kappa shape index (κ2) is 5.97. The Balaban J connectivity index is 2.38. The SMILES string of the molecule is COc1ccnc(C(C)=O)c1OC(=O)c1ccccc1. The van der Waals surface area contributed by atoms with E-state index in [1.165, 1.54) is 26.3 Å².